The Balaban J connectivity index is 1.53. The maximum Gasteiger partial charge on any atom is 0.0572 e. The van der Waals surface area contributed by atoms with Crippen molar-refractivity contribution in [2.24, 2.45) is 0 Å². The molecule has 3 nitrogen and oxygen atoms in total. The first-order valence-corrected chi connectivity index (χ1v) is 6.87. The summed E-state index contributed by atoms with van der Waals surface area (Å²) in [6.07, 6.45) is 8.38. The number of methoxy groups -OCH3 is 1. The summed E-state index contributed by atoms with van der Waals surface area (Å²) >= 11 is 0. The van der Waals surface area contributed by atoms with E-state index in [4.69, 9.17) is 4.74 Å². The lowest BCUT2D eigenvalue weighted by Crippen LogP contribution is -2.39. The van der Waals surface area contributed by atoms with E-state index in [1.807, 2.05) is 7.11 Å². The maximum absolute atomic E-state index is 5.39. The highest BCUT2D eigenvalue weighted by Crippen LogP contribution is 2.20. The third-order valence-electron chi connectivity index (χ3n) is 4.07. The summed E-state index contributed by atoms with van der Waals surface area (Å²) in [7, 11) is 1.84. The van der Waals surface area contributed by atoms with Gasteiger partial charge < -0.3 is 15.0 Å². The lowest BCUT2D eigenvalue weighted by Gasteiger charge is -2.29. The highest BCUT2D eigenvalue weighted by molar-refractivity contribution is 4.78. The number of nitrogens with zero attached hydrogens (tertiary/aromatic N) is 1. The summed E-state index contributed by atoms with van der Waals surface area (Å²) in [6.45, 7) is 5.04. The van der Waals surface area contributed by atoms with Crippen molar-refractivity contribution in [3.8, 4) is 0 Å². The minimum atomic E-state index is 0.525. The Morgan fingerprint density at radius 1 is 1.12 bits per heavy atom. The largest absolute Gasteiger partial charge is 0.381 e. The van der Waals surface area contributed by atoms with Crippen LogP contribution < -0.4 is 5.32 Å². The second-order valence-corrected chi connectivity index (χ2v) is 5.21. The zero-order chi connectivity index (χ0) is 11.2. The molecule has 0 aromatic heterocycles. The van der Waals surface area contributed by atoms with Crippen molar-refractivity contribution in [2.75, 3.05) is 33.3 Å². The van der Waals surface area contributed by atoms with Gasteiger partial charge >= 0.3 is 0 Å². The van der Waals surface area contributed by atoms with Crippen LogP contribution in [-0.2, 0) is 4.74 Å². The van der Waals surface area contributed by atoms with Gasteiger partial charge in [0.05, 0.1) is 6.10 Å². The SMILES string of the molecule is COC1CCC(NCCN2CCCC2)CC1. The van der Waals surface area contributed by atoms with E-state index >= 15 is 0 Å². The van der Waals surface area contributed by atoms with Crippen molar-refractivity contribution < 1.29 is 4.74 Å². The summed E-state index contributed by atoms with van der Waals surface area (Å²) in [6, 6.07) is 0.744. The molecule has 16 heavy (non-hydrogen) atoms. The molecule has 0 aromatic carbocycles. The quantitative estimate of drug-likeness (QED) is 0.771. The molecule has 1 aliphatic heterocycles. The van der Waals surface area contributed by atoms with Gasteiger partial charge in [-0.05, 0) is 51.6 Å². The number of rotatable bonds is 5. The molecule has 0 unspecified atom stereocenters. The Morgan fingerprint density at radius 2 is 1.81 bits per heavy atom. The van der Waals surface area contributed by atoms with Crippen LogP contribution >= 0.6 is 0 Å². The first-order valence-electron chi connectivity index (χ1n) is 6.87. The highest BCUT2D eigenvalue weighted by Gasteiger charge is 2.20. The van der Waals surface area contributed by atoms with Gasteiger partial charge in [-0.3, -0.25) is 0 Å². The Kier molecular flexibility index (Phi) is 5.07. The van der Waals surface area contributed by atoms with E-state index in [2.05, 4.69) is 10.2 Å². The van der Waals surface area contributed by atoms with Crippen LogP contribution in [0.2, 0.25) is 0 Å². The second kappa shape index (κ2) is 6.58. The highest BCUT2D eigenvalue weighted by atomic mass is 16.5. The zero-order valence-electron chi connectivity index (χ0n) is 10.6. The van der Waals surface area contributed by atoms with Crippen molar-refractivity contribution >= 4 is 0 Å². The molecule has 3 heteroatoms. The fraction of sp³-hybridized carbons (Fsp3) is 1.00. The van der Waals surface area contributed by atoms with Gasteiger partial charge in [0.2, 0.25) is 0 Å². The van der Waals surface area contributed by atoms with Gasteiger partial charge in [-0.25, -0.2) is 0 Å². The molecule has 0 spiro atoms. The molecule has 0 amide bonds. The molecular weight excluding hydrogens is 200 g/mol. The number of likely N-dealkylation sites (tertiary alicyclic amines) is 1. The summed E-state index contributed by atoms with van der Waals surface area (Å²) in [5.74, 6) is 0. The lowest BCUT2D eigenvalue weighted by molar-refractivity contribution is 0.0623. The van der Waals surface area contributed by atoms with Crippen molar-refractivity contribution in [3.63, 3.8) is 0 Å². The third kappa shape index (κ3) is 3.72. The number of nitrogens with one attached hydrogen (secondary N) is 1. The molecule has 1 saturated heterocycles. The van der Waals surface area contributed by atoms with Gasteiger partial charge in [0.25, 0.3) is 0 Å². The Morgan fingerprint density at radius 3 is 2.44 bits per heavy atom. The van der Waals surface area contributed by atoms with Crippen LogP contribution in [0, 0.1) is 0 Å². The van der Waals surface area contributed by atoms with Crippen LogP contribution in [0.1, 0.15) is 38.5 Å². The van der Waals surface area contributed by atoms with Crippen LogP contribution in [-0.4, -0.2) is 50.3 Å². The molecule has 2 fully saturated rings. The number of ether oxygens (including phenoxy) is 1. The first-order chi connectivity index (χ1) is 7.88. The van der Waals surface area contributed by atoms with Crippen LogP contribution in [0.4, 0.5) is 0 Å². The molecule has 0 radical (unpaired) electrons. The molecule has 2 aliphatic rings. The molecule has 0 bridgehead atoms. The maximum atomic E-state index is 5.39. The smallest absolute Gasteiger partial charge is 0.0572 e. The molecule has 94 valence electrons. The van der Waals surface area contributed by atoms with E-state index in [-0.39, 0.29) is 0 Å². The summed E-state index contributed by atoms with van der Waals surface area (Å²) < 4.78 is 5.39. The van der Waals surface area contributed by atoms with Gasteiger partial charge in [-0.1, -0.05) is 0 Å². The molecule has 0 aromatic rings. The van der Waals surface area contributed by atoms with Gasteiger partial charge in [-0.2, -0.15) is 0 Å². The fourth-order valence-corrected chi connectivity index (χ4v) is 2.94. The van der Waals surface area contributed by atoms with E-state index in [0.29, 0.717) is 6.10 Å². The molecule has 0 atom stereocenters. The zero-order valence-corrected chi connectivity index (χ0v) is 10.6. The first kappa shape index (κ1) is 12.3. The Labute approximate surface area is 99.5 Å². The predicted molar refractivity (Wildman–Crippen MR) is 66.7 cm³/mol. The second-order valence-electron chi connectivity index (χ2n) is 5.21. The topological polar surface area (TPSA) is 24.5 Å². The van der Waals surface area contributed by atoms with Crippen LogP contribution in [0.3, 0.4) is 0 Å². The van der Waals surface area contributed by atoms with Gasteiger partial charge in [0, 0.05) is 26.2 Å². The minimum Gasteiger partial charge on any atom is -0.381 e. The van der Waals surface area contributed by atoms with E-state index in [9.17, 15) is 0 Å². The normalized spacial score (nSPS) is 32.1. The summed E-state index contributed by atoms with van der Waals surface area (Å²) in [5.41, 5.74) is 0. The molecule has 1 heterocycles. The molecule has 1 aliphatic carbocycles. The van der Waals surface area contributed by atoms with Gasteiger partial charge in [0.15, 0.2) is 0 Å². The average Bonchev–Trinajstić information content (AvgIpc) is 2.83. The van der Waals surface area contributed by atoms with E-state index in [1.54, 1.807) is 0 Å². The molecule has 1 saturated carbocycles. The van der Waals surface area contributed by atoms with Crippen molar-refractivity contribution in [1.29, 1.82) is 0 Å². The third-order valence-corrected chi connectivity index (χ3v) is 4.07. The Hall–Kier alpha value is -0.120. The Bertz CT molecular complexity index is 184. The molecule has 2 rings (SSSR count). The van der Waals surface area contributed by atoms with E-state index < -0.39 is 0 Å². The van der Waals surface area contributed by atoms with E-state index in [1.165, 1.54) is 64.7 Å². The van der Waals surface area contributed by atoms with E-state index in [0.717, 1.165) is 6.04 Å². The van der Waals surface area contributed by atoms with Crippen molar-refractivity contribution in [3.05, 3.63) is 0 Å². The van der Waals surface area contributed by atoms with Crippen LogP contribution in [0.15, 0.2) is 0 Å². The van der Waals surface area contributed by atoms with Crippen LogP contribution in [0.25, 0.3) is 0 Å². The van der Waals surface area contributed by atoms with Crippen molar-refractivity contribution in [2.45, 2.75) is 50.7 Å². The fourth-order valence-electron chi connectivity index (χ4n) is 2.94. The summed E-state index contributed by atoms with van der Waals surface area (Å²) in [5, 5.41) is 3.70. The van der Waals surface area contributed by atoms with Crippen LogP contribution in [0.5, 0.6) is 0 Å². The monoisotopic (exact) mass is 226 g/mol. The van der Waals surface area contributed by atoms with Crippen molar-refractivity contribution in [1.82, 2.24) is 10.2 Å². The molecule has 1 N–H and O–H groups in total. The standard InChI is InChI=1S/C13H26N2O/c1-16-13-6-4-12(5-7-13)14-8-11-15-9-2-3-10-15/h12-14H,2-11H2,1H3. The van der Waals surface area contributed by atoms with Gasteiger partial charge in [-0.15, -0.1) is 0 Å². The average molecular weight is 226 g/mol. The predicted octanol–water partition coefficient (Wildman–Crippen LogP) is 1.63. The minimum absolute atomic E-state index is 0.525. The number of hydrogen-bond acceptors (Lipinski definition) is 3. The lowest BCUT2D eigenvalue weighted by atomic mass is 9.93. The molecular formula is C13H26N2O. The summed E-state index contributed by atoms with van der Waals surface area (Å²) in [4.78, 5) is 2.58. The number of hydrogen-bond donors (Lipinski definition) is 1. The van der Waals surface area contributed by atoms with Gasteiger partial charge in [0.1, 0.15) is 0 Å².